The second kappa shape index (κ2) is 5.12. The molecule has 0 amide bonds. The minimum Gasteiger partial charge on any atom is -0.360 e. The maximum atomic E-state index is 5.57. The van der Waals surface area contributed by atoms with Crippen molar-refractivity contribution in [3.8, 4) is 0 Å². The van der Waals surface area contributed by atoms with Crippen molar-refractivity contribution in [3.63, 3.8) is 0 Å². The summed E-state index contributed by atoms with van der Waals surface area (Å²) in [5, 5.41) is 8.34. The van der Waals surface area contributed by atoms with Gasteiger partial charge in [0.15, 0.2) is 0 Å². The number of aromatic nitrogens is 3. The van der Waals surface area contributed by atoms with Crippen LogP contribution < -0.4 is 0 Å². The first-order valence-corrected chi connectivity index (χ1v) is 7.05. The van der Waals surface area contributed by atoms with Crippen LogP contribution in [0.15, 0.2) is 30.5 Å². The van der Waals surface area contributed by atoms with Gasteiger partial charge >= 0.3 is 0 Å². The van der Waals surface area contributed by atoms with Gasteiger partial charge in [-0.15, -0.1) is 16.9 Å². The molecular weight excluding hydrogens is 246 g/mol. The van der Waals surface area contributed by atoms with Gasteiger partial charge in [0.05, 0.1) is 19.3 Å². The highest BCUT2D eigenvalue weighted by molar-refractivity contribution is 7.99. The average molecular weight is 261 g/mol. The highest BCUT2D eigenvalue weighted by Crippen LogP contribution is 2.33. The first kappa shape index (κ1) is 11.7. The molecule has 1 aliphatic heterocycles. The van der Waals surface area contributed by atoms with Gasteiger partial charge in [0.2, 0.25) is 0 Å². The zero-order valence-electron chi connectivity index (χ0n) is 10.2. The van der Waals surface area contributed by atoms with Crippen LogP contribution in [0.3, 0.4) is 0 Å². The monoisotopic (exact) mass is 261 g/mol. The molecule has 2 heterocycles. The van der Waals surface area contributed by atoms with E-state index in [-0.39, 0.29) is 5.44 Å². The van der Waals surface area contributed by atoms with E-state index >= 15 is 0 Å². The maximum Gasteiger partial charge on any atom is 0.148 e. The second-order valence-electron chi connectivity index (χ2n) is 4.40. The molecule has 1 aliphatic rings. The average Bonchev–Trinajstić information content (AvgIpc) is 2.98. The van der Waals surface area contributed by atoms with Crippen LogP contribution >= 0.6 is 11.8 Å². The summed E-state index contributed by atoms with van der Waals surface area (Å²) in [6.45, 7) is 3.66. The fraction of sp³-hybridized carbons (Fsp3) is 0.385. The van der Waals surface area contributed by atoms with Crippen LogP contribution in [-0.4, -0.2) is 27.4 Å². The van der Waals surface area contributed by atoms with Crippen molar-refractivity contribution in [1.82, 2.24) is 15.0 Å². The van der Waals surface area contributed by atoms with Gasteiger partial charge in [0.25, 0.3) is 0 Å². The third kappa shape index (κ3) is 2.57. The third-order valence-electron chi connectivity index (χ3n) is 2.85. The highest BCUT2D eigenvalue weighted by Gasteiger charge is 2.21. The fourth-order valence-electron chi connectivity index (χ4n) is 2.03. The van der Waals surface area contributed by atoms with Crippen LogP contribution in [0.5, 0.6) is 0 Å². The van der Waals surface area contributed by atoms with Crippen LogP contribution in [-0.2, 0) is 11.3 Å². The number of hydrogen-bond donors (Lipinski definition) is 0. The summed E-state index contributed by atoms with van der Waals surface area (Å²) >= 11 is 1.78. The number of benzene rings is 1. The van der Waals surface area contributed by atoms with Gasteiger partial charge in [-0.05, 0) is 12.5 Å². The van der Waals surface area contributed by atoms with Gasteiger partial charge in [-0.25, -0.2) is 4.68 Å². The lowest BCUT2D eigenvalue weighted by atomic mass is 10.1. The predicted octanol–water partition coefficient (Wildman–Crippen LogP) is 2.40. The van der Waals surface area contributed by atoms with Crippen molar-refractivity contribution in [2.75, 3.05) is 12.4 Å². The Bertz CT molecular complexity index is 535. The number of nitrogens with zero attached hydrogens (tertiary/aromatic N) is 3. The Kier molecular flexibility index (Phi) is 3.34. The van der Waals surface area contributed by atoms with Gasteiger partial charge in [0, 0.05) is 5.75 Å². The minimum absolute atomic E-state index is 0.0660. The van der Waals surface area contributed by atoms with E-state index in [1.807, 2.05) is 10.9 Å². The van der Waals surface area contributed by atoms with E-state index in [2.05, 4.69) is 41.5 Å². The Morgan fingerprint density at radius 3 is 3.22 bits per heavy atom. The van der Waals surface area contributed by atoms with E-state index in [1.165, 1.54) is 11.1 Å². The lowest BCUT2D eigenvalue weighted by molar-refractivity contribution is 0.142. The number of hydrogen-bond acceptors (Lipinski definition) is 4. The molecule has 0 radical (unpaired) electrons. The SMILES string of the molecule is Cc1cccc(Cn2cc([C@H]3OCCS3)nn2)c1. The van der Waals surface area contributed by atoms with E-state index in [4.69, 9.17) is 4.74 Å². The van der Waals surface area contributed by atoms with Crippen LogP contribution in [0.25, 0.3) is 0 Å². The predicted molar refractivity (Wildman–Crippen MR) is 71.5 cm³/mol. The second-order valence-corrected chi connectivity index (χ2v) is 5.57. The molecule has 0 unspecified atom stereocenters. The molecule has 0 saturated carbocycles. The van der Waals surface area contributed by atoms with Crippen LogP contribution in [0.1, 0.15) is 22.3 Å². The molecule has 18 heavy (non-hydrogen) atoms. The van der Waals surface area contributed by atoms with Gasteiger partial charge < -0.3 is 4.74 Å². The molecule has 1 aromatic heterocycles. The largest absolute Gasteiger partial charge is 0.360 e. The van der Waals surface area contributed by atoms with Crippen molar-refractivity contribution >= 4 is 11.8 Å². The van der Waals surface area contributed by atoms with E-state index in [9.17, 15) is 0 Å². The fourth-order valence-corrected chi connectivity index (χ4v) is 2.90. The first-order valence-electron chi connectivity index (χ1n) is 6.00. The molecule has 5 heteroatoms. The van der Waals surface area contributed by atoms with Crippen molar-refractivity contribution in [2.45, 2.75) is 18.9 Å². The molecule has 94 valence electrons. The zero-order chi connectivity index (χ0) is 12.4. The molecule has 2 aromatic rings. The number of ether oxygens (including phenoxy) is 1. The minimum atomic E-state index is 0.0660. The molecule has 1 saturated heterocycles. The van der Waals surface area contributed by atoms with Gasteiger partial charge in [-0.3, -0.25) is 0 Å². The summed E-state index contributed by atoms with van der Waals surface area (Å²) in [6.07, 6.45) is 1.98. The summed E-state index contributed by atoms with van der Waals surface area (Å²) in [7, 11) is 0. The summed E-state index contributed by atoms with van der Waals surface area (Å²) < 4.78 is 7.44. The summed E-state index contributed by atoms with van der Waals surface area (Å²) in [4.78, 5) is 0. The Labute approximate surface area is 110 Å². The van der Waals surface area contributed by atoms with Crippen LogP contribution in [0, 0.1) is 6.92 Å². The molecule has 1 aromatic carbocycles. The zero-order valence-corrected chi connectivity index (χ0v) is 11.1. The molecule has 3 rings (SSSR count). The Balaban J connectivity index is 1.73. The van der Waals surface area contributed by atoms with Crippen molar-refractivity contribution in [3.05, 3.63) is 47.3 Å². The molecule has 4 nitrogen and oxygen atoms in total. The van der Waals surface area contributed by atoms with Crippen molar-refractivity contribution < 1.29 is 4.74 Å². The molecule has 0 bridgehead atoms. The van der Waals surface area contributed by atoms with Crippen molar-refractivity contribution in [2.24, 2.45) is 0 Å². The first-order chi connectivity index (χ1) is 8.81. The third-order valence-corrected chi connectivity index (χ3v) is 3.93. The topological polar surface area (TPSA) is 39.9 Å². The summed E-state index contributed by atoms with van der Waals surface area (Å²) in [5.74, 6) is 1.04. The van der Waals surface area contributed by atoms with E-state index < -0.39 is 0 Å². The number of thioether (sulfide) groups is 1. The number of rotatable bonds is 3. The molecular formula is C13H15N3OS. The van der Waals surface area contributed by atoms with E-state index in [0.717, 1.165) is 24.6 Å². The Hall–Kier alpha value is -1.33. The smallest absolute Gasteiger partial charge is 0.148 e. The van der Waals surface area contributed by atoms with Gasteiger partial charge in [0.1, 0.15) is 11.1 Å². The summed E-state index contributed by atoms with van der Waals surface area (Å²) in [6, 6.07) is 8.44. The summed E-state index contributed by atoms with van der Waals surface area (Å²) in [5.41, 5.74) is 3.50. The van der Waals surface area contributed by atoms with Crippen molar-refractivity contribution in [1.29, 1.82) is 0 Å². The molecule has 0 N–H and O–H groups in total. The standard InChI is InChI=1S/C13H15N3OS/c1-10-3-2-4-11(7-10)8-16-9-12(14-15-16)13-17-5-6-18-13/h2-4,7,9,13H,5-6,8H2,1H3/t13-/m0/s1. The molecule has 0 spiro atoms. The Morgan fingerprint density at radius 1 is 1.50 bits per heavy atom. The van der Waals surface area contributed by atoms with Crippen LogP contribution in [0.4, 0.5) is 0 Å². The van der Waals surface area contributed by atoms with Gasteiger partial charge in [-0.1, -0.05) is 35.0 Å². The molecule has 1 atom stereocenters. The maximum absolute atomic E-state index is 5.57. The van der Waals surface area contributed by atoms with Crippen LogP contribution in [0.2, 0.25) is 0 Å². The molecule has 0 aliphatic carbocycles. The van der Waals surface area contributed by atoms with E-state index in [1.54, 1.807) is 11.8 Å². The normalized spacial score (nSPS) is 19.3. The quantitative estimate of drug-likeness (QED) is 0.850. The van der Waals surface area contributed by atoms with E-state index in [0.29, 0.717) is 0 Å². The Morgan fingerprint density at radius 2 is 2.44 bits per heavy atom. The number of aryl methyl sites for hydroxylation is 1. The lowest BCUT2D eigenvalue weighted by Gasteiger charge is -2.03. The lowest BCUT2D eigenvalue weighted by Crippen LogP contribution is -2.00. The molecule has 1 fully saturated rings. The van der Waals surface area contributed by atoms with Gasteiger partial charge in [-0.2, -0.15) is 0 Å². The highest BCUT2D eigenvalue weighted by atomic mass is 32.2.